The van der Waals surface area contributed by atoms with E-state index < -0.39 is 48.9 Å². The van der Waals surface area contributed by atoms with E-state index >= 15 is 0 Å². The van der Waals surface area contributed by atoms with Crippen LogP contribution < -0.4 is 16.0 Å². The minimum absolute atomic E-state index is 0.307. The summed E-state index contributed by atoms with van der Waals surface area (Å²) in [6, 6.07) is 37.4. The van der Waals surface area contributed by atoms with Crippen molar-refractivity contribution in [1.82, 2.24) is 0 Å². The van der Waals surface area contributed by atoms with E-state index in [1.807, 2.05) is 72.8 Å². The van der Waals surface area contributed by atoms with Crippen LogP contribution in [0.25, 0.3) is 32.3 Å². The number of nitro groups is 3. The van der Waals surface area contributed by atoms with Gasteiger partial charge in [0.15, 0.2) is 0 Å². The van der Waals surface area contributed by atoms with Gasteiger partial charge in [-0.15, -0.1) is 0 Å². The molecule has 0 aromatic heterocycles. The SMILES string of the molecule is O=[N+]([O-])c1c(Nc2ccc3ccccc3c2)c([N+](=O)[O-])c(Nc2ccc3ccccc3c2)c([N+](=O)[O-])c1Nc1ccc2ccccc2c1. The van der Waals surface area contributed by atoms with Crippen molar-refractivity contribution < 1.29 is 14.8 Å². The Morgan fingerprint density at radius 1 is 0.354 bits per heavy atom. The number of rotatable bonds is 9. The average molecular weight is 637 g/mol. The normalized spacial score (nSPS) is 11.0. The van der Waals surface area contributed by atoms with Crippen molar-refractivity contribution >= 4 is 83.5 Å². The highest BCUT2D eigenvalue weighted by Crippen LogP contribution is 2.55. The van der Waals surface area contributed by atoms with Gasteiger partial charge in [-0.3, -0.25) is 30.3 Å². The van der Waals surface area contributed by atoms with Crippen LogP contribution in [-0.2, 0) is 0 Å². The van der Waals surface area contributed by atoms with Crippen LogP contribution in [0.5, 0.6) is 0 Å². The molecule has 0 amide bonds. The number of benzene rings is 7. The first kappa shape index (κ1) is 29.6. The van der Waals surface area contributed by atoms with Gasteiger partial charge in [-0.1, -0.05) is 91.0 Å². The van der Waals surface area contributed by atoms with Crippen LogP contribution in [0.4, 0.5) is 51.2 Å². The molecule has 234 valence electrons. The van der Waals surface area contributed by atoms with Crippen LogP contribution in [0, 0.1) is 30.3 Å². The van der Waals surface area contributed by atoms with Crippen LogP contribution in [0.15, 0.2) is 127 Å². The Morgan fingerprint density at radius 2 is 0.604 bits per heavy atom. The van der Waals surface area contributed by atoms with Gasteiger partial charge in [0.1, 0.15) is 0 Å². The van der Waals surface area contributed by atoms with Gasteiger partial charge < -0.3 is 16.0 Å². The molecule has 7 aromatic carbocycles. The Hall–Kier alpha value is -7.08. The predicted molar refractivity (Wildman–Crippen MR) is 188 cm³/mol. The minimum atomic E-state index is -0.862. The van der Waals surface area contributed by atoms with Gasteiger partial charge in [-0.2, -0.15) is 0 Å². The van der Waals surface area contributed by atoms with Crippen molar-refractivity contribution in [3.8, 4) is 0 Å². The Morgan fingerprint density at radius 3 is 0.854 bits per heavy atom. The quantitative estimate of drug-likeness (QED) is 0.103. The van der Waals surface area contributed by atoms with Gasteiger partial charge in [0.05, 0.1) is 14.8 Å². The molecule has 0 fully saturated rings. The highest BCUT2D eigenvalue weighted by Gasteiger charge is 2.43. The third-order valence-electron chi connectivity index (χ3n) is 8.02. The summed E-state index contributed by atoms with van der Waals surface area (Å²) in [5.41, 5.74) is -3.25. The second-order valence-corrected chi connectivity index (χ2v) is 11.0. The molecule has 0 unspecified atom stereocenters. The number of hydrogen-bond donors (Lipinski definition) is 3. The molecule has 12 nitrogen and oxygen atoms in total. The van der Waals surface area contributed by atoms with Crippen molar-refractivity contribution in [1.29, 1.82) is 0 Å². The molecular weight excluding hydrogens is 612 g/mol. The average Bonchev–Trinajstić information content (AvgIpc) is 3.07. The topological polar surface area (TPSA) is 166 Å². The maximum atomic E-state index is 12.9. The van der Waals surface area contributed by atoms with E-state index in [-0.39, 0.29) is 0 Å². The number of nitrogens with one attached hydrogen (secondary N) is 3. The third-order valence-corrected chi connectivity index (χ3v) is 8.02. The van der Waals surface area contributed by atoms with Crippen LogP contribution >= 0.6 is 0 Å². The number of hydrogen-bond acceptors (Lipinski definition) is 9. The summed E-state index contributed by atoms with van der Waals surface area (Å²) in [6.07, 6.45) is 0. The summed E-state index contributed by atoms with van der Waals surface area (Å²) in [4.78, 5) is 36.1. The zero-order valence-corrected chi connectivity index (χ0v) is 24.9. The zero-order chi connectivity index (χ0) is 33.4. The molecule has 7 rings (SSSR count). The van der Waals surface area contributed by atoms with Crippen molar-refractivity contribution in [3.63, 3.8) is 0 Å². The summed E-state index contributed by atoms with van der Waals surface area (Å²) < 4.78 is 0. The largest absolute Gasteiger partial charge is 0.344 e. The fraction of sp³-hybridized carbons (Fsp3) is 0. The molecule has 48 heavy (non-hydrogen) atoms. The van der Waals surface area contributed by atoms with E-state index in [9.17, 15) is 30.3 Å². The zero-order valence-electron chi connectivity index (χ0n) is 24.9. The number of nitro benzene ring substituents is 3. The lowest BCUT2D eigenvalue weighted by Crippen LogP contribution is -2.11. The van der Waals surface area contributed by atoms with Crippen molar-refractivity contribution in [2.75, 3.05) is 16.0 Å². The molecule has 3 N–H and O–H groups in total. The molecule has 0 atom stereocenters. The summed E-state index contributed by atoms with van der Waals surface area (Å²) in [5, 5.41) is 52.3. The molecule has 0 heterocycles. The molecule has 0 saturated carbocycles. The number of anilines is 6. The summed E-state index contributed by atoms with van der Waals surface area (Å²) in [5.74, 6) is 0. The third kappa shape index (κ3) is 5.49. The smallest absolute Gasteiger partial charge is 0.330 e. The molecule has 0 radical (unpaired) electrons. The van der Waals surface area contributed by atoms with E-state index in [1.54, 1.807) is 54.6 Å². The van der Waals surface area contributed by atoms with E-state index in [0.29, 0.717) is 17.1 Å². The standard InChI is InChI=1S/C36H24N6O6/c43-40(44)34-31(37-28-16-13-22-7-1-4-10-25(22)19-28)35(41(45)46)33(39-30-18-15-24-9-3-6-12-27(24)21-30)36(42(47)48)32(34)38-29-17-14-23-8-2-5-11-26(23)20-29/h1-21,37-39H. The lowest BCUT2D eigenvalue weighted by atomic mass is 10.1. The highest BCUT2D eigenvalue weighted by molar-refractivity contribution is 6.04. The Kier molecular flexibility index (Phi) is 7.42. The Bertz CT molecular complexity index is 2160. The molecular formula is C36H24N6O6. The first-order valence-corrected chi connectivity index (χ1v) is 14.7. The molecule has 0 aliphatic rings. The van der Waals surface area contributed by atoms with Gasteiger partial charge in [0.2, 0.25) is 17.1 Å². The Balaban J connectivity index is 1.50. The second-order valence-electron chi connectivity index (χ2n) is 11.0. The monoisotopic (exact) mass is 636 g/mol. The van der Waals surface area contributed by atoms with Crippen LogP contribution in [-0.4, -0.2) is 14.8 Å². The van der Waals surface area contributed by atoms with Crippen molar-refractivity contribution in [3.05, 3.63) is 158 Å². The van der Waals surface area contributed by atoms with Gasteiger partial charge in [-0.05, 0) is 68.7 Å². The number of fused-ring (bicyclic) bond motifs is 3. The second kappa shape index (κ2) is 12.0. The van der Waals surface area contributed by atoms with E-state index in [1.165, 1.54) is 0 Å². The van der Waals surface area contributed by atoms with Gasteiger partial charge in [0.25, 0.3) is 0 Å². The van der Waals surface area contributed by atoms with E-state index in [4.69, 9.17) is 0 Å². The van der Waals surface area contributed by atoms with Crippen LogP contribution in [0.2, 0.25) is 0 Å². The van der Waals surface area contributed by atoms with Crippen LogP contribution in [0.1, 0.15) is 0 Å². The molecule has 12 heteroatoms. The van der Waals surface area contributed by atoms with Crippen molar-refractivity contribution in [2.45, 2.75) is 0 Å². The maximum absolute atomic E-state index is 12.9. The molecule has 0 aliphatic heterocycles. The maximum Gasteiger partial charge on any atom is 0.330 e. The fourth-order valence-corrected chi connectivity index (χ4v) is 5.85. The molecule has 0 bridgehead atoms. The summed E-state index contributed by atoms with van der Waals surface area (Å²) in [6.45, 7) is 0. The lowest BCUT2D eigenvalue weighted by molar-refractivity contribution is -0.399. The molecule has 7 aromatic rings. The van der Waals surface area contributed by atoms with Crippen LogP contribution in [0.3, 0.4) is 0 Å². The van der Waals surface area contributed by atoms with E-state index in [0.717, 1.165) is 32.3 Å². The highest BCUT2D eigenvalue weighted by atomic mass is 16.6. The van der Waals surface area contributed by atoms with Crippen molar-refractivity contribution in [2.24, 2.45) is 0 Å². The number of nitrogens with zero attached hydrogens (tertiary/aromatic N) is 3. The molecule has 0 spiro atoms. The van der Waals surface area contributed by atoms with E-state index in [2.05, 4.69) is 16.0 Å². The summed E-state index contributed by atoms with van der Waals surface area (Å²) >= 11 is 0. The lowest BCUT2D eigenvalue weighted by Gasteiger charge is -2.17. The Labute approximate surface area is 271 Å². The summed E-state index contributed by atoms with van der Waals surface area (Å²) in [7, 11) is 0. The predicted octanol–water partition coefficient (Wildman–Crippen LogP) is 10.1. The van der Waals surface area contributed by atoms with Gasteiger partial charge in [-0.25, -0.2) is 0 Å². The minimum Gasteiger partial charge on any atom is -0.344 e. The van der Waals surface area contributed by atoms with Gasteiger partial charge >= 0.3 is 17.1 Å². The van der Waals surface area contributed by atoms with Gasteiger partial charge in [0, 0.05) is 17.1 Å². The molecule has 0 aliphatic carbocycles. The first-order chi connectivity index (χ1) is 23.3. The first-order valence-electron chi connectivity index (χ1n) is 14.7. The molecule has 0 saturated heterocycles. The fourth-order valence-electron chi connectivity index (χ4n) is 5.85.